The fraction of sp³-hybridized carbons (Fsp3) is 0.385. The van der Waals surface area contributed by atoms with E-state index >= 15 is 0 Å². The van der Waals surface area contributed by atoms with Crippen LogP contribution in [0.5, 0.6) is 0 Å². The molecule has 1 amide bonds. The zero-order chi connectivity index (χ0) is 13.1. The van der Waals surface area contributed by atoms with Gasteiger partial charge >= 0.3 is 5.97 Å². The molecule has 1 aliphatic heterocycles. The summed E-state index contributed by atoms with van der Waals surface area (Å²) in [6.07, 6.45) is 0.765. The summed E-state index contributed by atoms with van der Waals surface area (Å²) in [5.74, 6) is -0.185. The predicted molar refractivity (Wildman–Crippen MR) is 70.7 cm³/mol. The van der Waals surface area contributed by atoms with Gasteiger partial charge in [0.25, 0.3) is 5.91 Å². The molecule has 1 fully saturated rings. The topological polar surface area (TPSA) is 57.6 Å². The van der Waals surface area contributed by atoms with Crippen molar-refractivity contribution in [3.8, 4) is 0 Å². The van der Waals surface area contributed by atoms with Crippen LogP contribution in [0.15, 0.2) is 24.3 Å². The monoisotopic (exact) mass is 265 g/mol. The van der Waals surface area contributed by atoms with E-state index in [1.54, 1.807) is 6.07 Å². The number of carboxylic acid groups (broad SMARTS) is 1. The highest BCUT2D eigenvalue weighted by molar-refractivity contribution is 7.99. The van der Waals surface area contributed by atoms with Crippen molar-refractivity contribution in [1.29, 1.82) is 0 Å². The molecule has 4 nitrogen and oxygen atoms in total. The van der Waals surface area contributed by atoms with Crippen LogP contribution in [-0.4, -0.2) is 39.6 Å². The number of thioether (sulfide) groups is 1. The minimum absolute atomic E-state index is 0.176. The summed E-state index contributed by atoms with van der Waals surface area (Å²) in [6, 6.07) is 6.68. The lowest BCUT2D eigenvalue weighted by atomic mass is 10.0. The second kappa shape index (κ2) is 5.44. The molecule has 0 aromatic heterocycles. The molecule has 2 rings (SSSR count). The zero-order valence-corrected chi connectivity index (χ0v) is 10.9. The third-order valence-electron chi connectivity index (χ3n) is 3.06. The third-order valence-corrected chi connectivity index (χ3v) is 4.07. The summed E-state index contributed by atoms with van der Waals surface area (Å²) in [5, 5.41) is 9.10. The lowest BCUT2D eigenvalue weighted by molar-refractivity contribution is -0.140. The van der Waals surface area contributed by atoms with Crippen LogP contribution in [-0.2, 0) is 11.2 Å². The average molecular weight is 265 g/mol. The summed E-state index contributed by atoms with van der Waals surface area (Å²) >= 11 is 1.48. The van der Waals surface area contributed by atoms with Crippen LogP contribution in [0.2, 0.25) is 0 Å². The molecule has 5 heteroatoms. The first-order chi connectivity index (χ1) is 8.65. The molecule has 1 heterocycles. The number of aryl methyl sites for hydroxylation is 1. The fourth-order valence-corrected chi connectivity index (χ4v) is 3.18. The Balaban J connectivity index is 2.28. The normalized spacial score (nSPS) is 18.9. The molecule has 0 aliphatic carbocycles. The Bertz CT molecular complexity index is 475. The van der Waals surface area contributed by atoms with Gasteiger partial charge in [0.1, 0.15) is 6.04 Å². The average Bonchev–Trinajstić information content (AvgIpc) is 2.87. The molecule has 18 heavy (non-hydrogen) atoms. The van der Waals surface area contributed by atoms with Crippen molar-refractivity contribution in [2.75, 3.05) is 11.6 Å². The lowest BCUT2D eigenvalue weighted by Gasteiger charge is -2.21. The van der Waals surface area contributed by atoms with Crippen molar-refractivity contribution in [2.24, 2.45) is 0 Å². The maximum absolute atomic E-state index is 12.4. The van der Waals surface area contributed by atoms with Crippen molar-refractivity contribution >= 4 is 23.6 Å². The van der Waals surface area contributed by atoms with Crippen molar-refractivity contribution in [3.63, 3.8) is 0 Å². The first-order valence-electron chi connectivity index (χ1n) is 5.84. The zero-order valence-electron chi connectivity index (χ0n) is 10.1. The van der Waals surface area contributed by atoms with Gasteiger partial charge in [-0.2, -0.15) is 0 Å². The van der Waals surface area contributed by atoms with Gasteiger partial charge in [-0.15, -0.1) is 11.8 Å². The van der Waals surface area contributed by atoms with Gasteiger partial charge in [0.05, 0.1) is 5.88 Å². The van der Waals surface area contributed by atoms with Crippen LogP contribution in [0.25, 0.3) is 0 Å². The van der Waals surface area contributed by atoms with Crippen molar-refractivity contribution in [1.82, 2.24) is 4.90 Å². The Morgan fingerprint density at radius 2 is 2.17 bits per heavy atom. The summed E-state index contributed by atoms with van der Waals surface area (Å²) in [7, 11) is 0. The van der Waals surface area contributed by atoms with E-state index in [-0.39, 0.29) is 5.91 Å². The number of nitrogens with zero attached hydrogens (tertiary/aromatic N) is 1. The molecular weight excluding hydrogens is 250 g/mol. The molecule has 1 saturated heterocycles. The molecule has 1 aromatic rings. The molecular formula is C13H15NO3S. The van der Waals surface area contributed by atoms with Crippen LogP contribution in [0, 0.1) is 0 Å². The van der Waals surface area contributed by atoms with Gasteiger partial charge in [0, 0.05) is 11.3 Å². The quantitative estimate of drug-likeness (QED) is 0.906. The van der Waals surface area contributed by atoms with Crippen molar-refractivity contribution in [3.05, 3.63) is 35.4 Å². The van der Waals surface area contributed by atoms with Crippen LogP contribution in [0.1, 0.15) is 22.8 Å². The number of carboxylic acids is 1. The minimum atomic E-state index is -0.928. The number of hydrogen-bond acceptors (Lipinski definition) is 3. The molecule has 0 spiro atoms. The maximum atomic E-state index is 12.4. The Morgan fingerprint density at radius 1 is 1.44 bits per heavy atom. The van der Waals surface area contributed by atoms with Gasteiger partial charge in [-0.25, -0.2) is 4.79 Å². The first-order valence-corrected chi connectivity index (χ1v) is 7.00. The van der Waals surface area contributed by atoms with Crippen LogP contribution < -0.4 is 0 Å². The molecule has 1 atom stereocenters. The molecule has 0 bridgehead atoms. The van der Waals surface area contributed by atoms with E-state index in [2.05, 4.69) is 0 Å². The Hall–Kier alpha value is -1.49. The smallest absolute Gasteiger partial charge is 0.327 e. The highest BCUT2D eigenvalue weighted by Gasteiger charge is 2.35. The van der Waals surface area contributed by atoms with E-state index in [0.29, 0.717) is 17.2 Å². The van der Waals surface area contributed by atoms with E-state index < -0.39 is 12.0 Å². The molecule has 1 aliphatic rings. The fourth-order valence-electron chi connectivity index (χ4n) is 2.04. The van der Waals surface area contributed by atoms with Crippen LogP contribution in [0.4, 0.5) is 0 Å². The summed E-state index contributed by atoms with van der Waals surface area (Å²) in [5.41, 5.74) is 1.58. The van der Waals surface area contributed by atoms with E-state index in [4.69, 9.17) is 5.11 Å². The van der Waals surface area contributed by atoms with Gasteiger partial charge in [0.2, 0.25) is 0 Å². The number of hydrogen-bond donors (Lipinski definition) is 1. The maximum Gasteiger partial charge on any atom is 0.327 e. The molecule has 0 radical (unpaired) electrons. The number of rotatable bonds is 3. The standard InChI is InChI=1S/C13H15NO3S/c1-2-9-5-3-4-6-10(9)12(15)14-8-18-7-11(14)13(16)17/h3-6,11H,2,7-8H2,1H3,(H,16,17). The summed E-state index contributed by atoms with van der Waals surface area (Å²) in [4.78, 5) is 24.9. The Morgan fingerprint density at radius 3 is 2.83 bits per heavy atom. The molecule has 96 valence electrons. The minimum Gasteiger partial charge on any atom is -0.480 e. The van der Waals surface area contributed by atoms with E-state index in [1.165, 1.54) is 16.7 Å². The van der Waals surface area contributed by atoms with Gasteiger partial charge < -0.3 is 10.0 Å². The predicted octanol–water partition coefficient (Wildman–Crippen LogP) is 1.85. The summed E-state index contributed by atoms with van der Waals surface area (Å²) in [6.45, 7) is 1.99. The number of carbonyl (C=O) groups excluding carboxylic acids is 1. The second-order valence-electron chi connectivity index (χ2n) is 4.14. The van der Waals surface area contributed by atoms with Crippen molar-refractivity contribution in [2.45, 2.75) is 19.4 Å². The third kappa shape index (κ3) is 2.36. The van der Waals surface area contributed by atoms with E-state index in [1.807, 2.05) is 25.1 Å². The second-order valence-corrected chi connectivity index (χ2v) is 5.14. The van der Waals surface area contributed by atoms with Gasteiger partial charge in [-0.05, 0) is 18.1 Å². The van der Waals surface area contributed by atoms with Crippen LogP contribution >= 0.6 is 11.8 Å². The molecule has 1 unspecified atom stereocenters. The van der Waals surface area contributed by atoms with E-state index in [9.17, 15) is 9.59 Å². The molecule has 1 aromatic carbocycles. The van der Waals surface area contributed by atoms with E-state index in [0.717, 1.165) is 12.0 Å². The molecule has 0 saturated carbocycles. The Kier molecular flexibility index (Phi) is 3.91. The van der Waals surface area contributed by atoms with Crippen LogP contribution in [0.3, 0.4) is 0 Å². The number of amides is 1. The summed E-state index contributed by atoms with van der Waals surface area (Å²) < 4.78 is 0. The van der Waals surface area contributed by atoms with Crippen molar-refractivity contribution < 1.29 is 14.7 Å². The van der Waals surface area contributed by atoms with Gasteiger partial charge in [-0.3, -0.25) is 4.79 Å². The van der Waals surface area contributed by atoms with Gasteiger partial charge in [-0.1, -0.05) is 25.1 Å². The number of benzene rings is 1. The largest absolute Gasteiger partial charge is 0.480 e. The lowest BCUT2D eigenvalue weighted by Crippen LogP contribution is -2.42. The number of carbonyl (C=O) groups is 2. The number of aliphatic carboxylic acids is 1. The molecule has 1 N–H and O–H groups in total. The van der Waals surface area contributed by atoms with Gasteiger partial charge in [0.15, 0.2) is 0 Å². The SMILES string of the molecule is CCc1ccccc1C(=O)N1CSCC1C(=O)O. The first kappa shape index (κ1) is 13.0. The highest BCUT2D eigenvalue weighted by atomic mass is 32.2. The Labute approximate surface area is 110 Å². The highest BCUT2D eigenvalue weighted by Crippen LogP contribution is 2.24.